The molecule has 2 unspecified atom stereocenters. The summed E-state index contributed by atoms with van der Waals surface area (Å²) in [6.07, 6.45) is 2.44. The fourth-order valence-corrected chi connectivity index (χ4v) is 2.71. The van der Waals surface area contributed by atoms with Gasteiger partial charge in [-0.2, -0.15) is 0 Å². The molecule has 0 aliphatic carbocycles. The molecule has 2 heterocycles. The topological polar surface area (TPSA) is 36.4 Å². The van der Waals surface area contributed by atoms with Crippen LogP contribution in [-0.2, 0) is 6.61 Å². The monoisotopic (exact) mass is 238 g/mol. The zero-order valence-corrected chi connectivity index (χ0v) is 10.4. The van der Waals surface area contributed by atoms with Crippen LogP contribution in [0.4, 0.5) is 10.2 Å². The SMILES string of the molecule is CC1CC(C)CN(c2ncc(F)cc2CO)C1. The number of hydrogen-bond donors (Lipinski definition) is 1. The molecule has 0 radical (unpaired) electrons. The van der Waals surface area contributed by atoms with Gasteiger partial charge in [-0.05, 0) is 24.3 Å². The van der Waals surface area contributed by atoms with Gasteiger partial charge in [-0.15, -0.1) is 0 Å². The number of anilines is 1. The van der Waals surface area contributed by atoms with Gasteiger partial charge in [0.25, 0.3) is 0 Å². The van der Waals surface area contributed by atoms with E-state index in [1.807, 2.05) is 0 Å². The second kappa shape index (κ2) is 5.00. The third-order valence-electron chi connectivity index (χ3n) is 3.25. The molecule has 0 aromatic carbocycles. The lowest BCUT2D eigenvalue weighted by atomic mass is 9.92. The molecule has 1 N–H and O–H groups in total. The Hall–Kier alpha value is -1.16. The molecule has 0 amide bonds. The zero-order valence-electron chi connectivity index (χ0n) is 10.4. The number of piperidine rings is 1. The Balaban J connectivity index is 2.26. The van der Waals surface area contributed by atoms with Gasteiger partial charge in [0.05, 0.1) is 12.8 Å². The number of pyridine rings is 1. The van der Waals surface area contributed by atoms with Crippen molar-refractivity contribution in [2.24, 2.45) is 11.8 Å². The number of aliphatic hydroxyl groups is 1. The minimum Gasteiger partial charge on any atom is -0.392 e. The van der Waals surface area contributed by atoms with Crippen LogP contribution in [0.5, 0.6) is 0 Å². The van der Waals surface area contributed by atoms with E-state index in [1.165, 1.54) is 18.7 Å². The van der Waals surface area contributed by atoms with Crippen molar-refractivity contribution in [3.05, 3.63) is 23.6 Å². The average molecular weight is 238 g/mol. The van der Waals surface area contributed by atoms with E-state index in [0.717, 1.165) is 18.9 Å². The Morgan fingerprint density at radius 1 is 1.41 bits per heavy atom. The number of halogens is 1. The van der Waals surface area contributed by atoms with Crippen LogP contribution < -0.4 is 4.90 Å². The van der Waals surface area contributed by atoms with Crippen LogP contribution in [0, 0.1) is 17.7 Å². The summed E-state index contributed by atoms with van der Waals surface area (Å²) in [6.45, 7) is 6.11. The van der Waals surface area contributed by atoms with Crippen molar-refractivity contribution in [3.63, 3.8) is 0 Å². The number of aromatic nitrogens is 1. The Morgan fingerprint density at radius 3 is 2.65 bits per heavy atom. The first-order valence-corrected chi connectivity index (χ1v) is 6.10. The highest BCUT2D eigenvalue weighted by atomic mass is 19.1. The predicted octanol–water partition coefficient (Wildman–Crippen LogP) is 2.20. The summed E-state index contributed by atoms with van der Waals surface area (Å²) in [4.78, 5) is 6.29. The van der Waals surface area contributed by atoms with Crippen molar-refractivity contribution in [1.29, 1.82) is 0 Å². The van der Waals surface area contributed by atoms with Crippen molar-refractivity contribution in [2.45, 2.75) is 26.9 Å². The zero-order chi connectivity index (χ0) is 12.4. The fourth-order valence-electron chi connectivity index (χ4n) is 2.71. The number of aliphatic hydroxyl groups excluding tert-OH is 1. The highest BCUT2D eigenvalue weighted by molar-refractivity contribution is 5.47. The summed E-state index contributed by atoms with van der Waals surface area (Å²) in [6, 6.07) is 1.37. The lowest BCUT2D eigenvalue weighted by molar-refractivity contribution is 0.279. The van der Waals surface area contributed by atoms with Gasteiger partial charge in [0.15, 0.2) is 0 Å². The fraction of sp³-hybridized carbons (Fsp3) is 0.615. The molecule has 94 valence electrons. The van der Waals surface area contributed by atoms with E-state index in [2.05, 4.69) is 23.7 Å². The standard InChI is InChI=1S/C13H19FN2O/c1-9-3-10(2)7-16(6-9)13-11(8-17)4-12(14)5-15-13/h4-5,9-10,17H,3,6-8H2,1-2H3. The molecule has 1 aliphatic rings. The molecule has 0 saturated carbocycles. The van der Waals surface area contributed by atoms with Gasteiger partial charge in [-0.3, -0.25) is 0 Å². The van der Waals surface area contributed by atoms with Gasteiger partial charge in [-0.25, -0.2) is 9.37 Å². The van der Waals surface area contributed by atoms with Crippen LogP contribution >= 0.6 is 0 Å². The Labute approximate surface area is 101 Å². The second-order valence-corrected chi connectivity index (χ2v) is 5.15. The van der Waals surface area contributed by atoms with E-state index in [1.54, 1.807) is 0 Å². The van der Waals surface area contributed by atoms with Gasteiger partial charge in [0, 0.05) is 18.7 Å². The highest BCUT2D eigenvalue weighted by Gasteiger charge is 2.24. The average Bonchev–Trinajstić information content (AvgIpc) is 2.27. The predicted molar refractivity (Wildman–Crippen MR) is 65.3 cm³/mol. The Morgan fingerprint density at radius 2 is 2.06 bits per heavy atom. The highest BCUT2D eigenvalue weighted by Crippen LogP contribution is 2.27. The number of nitrogens with zero attached hydrogens (tertiary/aromatic N) is 2. The van der Waals surface area contributed by atoms with Crippen LogP contribution in [0.2, 0.25) is 0 Å². The normalized spacial score (nSPS) is 25.1. The largest absolute Gasteiger partial charge is 0.392 e. The minimum atomic E-state index is -0.393. The van der Waals surface area contributed by atoms with Crippen LogP contribution in [0.3, 0.4) is 0 Å². The first kappa shape index (κ1) is 12.3. The van der Waals surface area contributed by atoms with E-state index in [4.69, 9.17) is 0 Å². The van der Waals surface area contributed by atoms with Crippen LogP contribution in [0.15, 0.2) is 12.3 Å². The maximum Gasteiger partial charge on any atom is 0.142 e. The van der Waals surface area contributed by atoms with E-state index >= 15 is 0 Å². The summed E-state index contributed by atoms with van der Waals surface area (Å²) in [5, 5.41) is 9.27. The van der Waals surface area contributed by atoms with Gasteiger partial charge in [0.2, 0.25) is 0 Å². The third kappa shape index (κ3) is 2.75. The molecule has 3 nitrogen and oxygen atoms in total. The van der Waals surface area contributed by atoms with Crippen molar-refractivity contribution >= 4 is 5.82 Å². The van der Waals surface area contributed by atoms with Crippen molar-refractivity contribution in [1.82, 2.24) is 4.98 Å². The third-order valence-corrected chi connectivity index (χ3v) is 3.25. The Bertz CT molecular complexity index is 387. The first-order chi connectivity index (χ1) is 8.10. The minimum absolute atomic E-state index is 0.167. The molecule has 2 rings (SSSR count). The molecular weight excluding hydrogens is 219 g/mol. The lowest BCUT2D eigenvalue weighted by Crippen LogP contribution is -2.39. The lowest BCUT2D eigenvalue weighted by Gasteiger charge is -2.36. The molecule has 0 bridgehead atoms. The molecule has 0 spiro atoms. The summed E-state index contributed by atoms with van der Waals surface area (Å²) >= 11 is 0. The summed E-state index contributed by atoms with van der Waals surface area (Å²) < 4.78 is 13.1. The molecular formula is C13H19FN2O. The second-order valence-electron chi connectivity index (χ2n) is 5.15. The van der Waals surface area contributed by atoms with Crippen LogP contribution in [0.25, 0.3) is 0 Å². The quantitative estimate of drug-likeness (QED) is 0.858. The first-order valence-electron chi connectivity index (χ1n) is 6.10. The number of hydrogen-bond acceptors (Lipinski definition) is 3. The summed E-state index contributed by atoms with van der Waals surface area (Å²) in [7, 11) is 0. The van der Waals surface area contributed by atoms with Crippen molar-refractivity contribution < 1.29 is 9.50 Å². The smallest absolute Gasteiger partial charge is 0.142 e. The Kier molecular flexibility index (Phi) is 3.62. The van der Waals surface area contributed by atoms with Gasteiger partial charge in [-0.1, -0.05) is 13.8 Å². The van der Waals surface area contributed by atoms with E-state index in [0.29, 0.717) is 17.4 Å². The molecule has 2 atom stereocenters. The molecule has 1 saturated heterocycles. The molecule has 4 heteroatoms. The van der Waals surface area contributed by atoms with Crippen LogP contribution in [0.1, 0.15) is 25.8 Å². The van der Waals surface area contributed by atoms with Gasteiger partial charge >= 0.3 is 0 Å². The van der Waals surface area contributed by atoms with E-state index < -0.39 is 5.82 Å². The van der Waals surface area contributed by atoms with Gasteiger partial charge in [0.1, 0.15) is 11.6 Å². The van der Waals surface area contributed by atoms with Crippen LogP contribution in [-0.4, -0.2) is 23.2 Å². The summed E-state index contributed by atoms with van der Waals surface area (Å²) in [5.41, 5.74) is 0.575. The van der Waals surface area contributed by atoms with Crippen molar-refractivity contribution in [3.8, 4) is 0 Å². The maximum absolute atomic E-state index is 13.1. The maximum atomic E-state index is 13.1. The van der Waals surface area contributed by atoms with E-state index in [-0.39, 0.29) is 6.61 Å². The molecule has 1 aliphatic heterocycles. The molecule has 1 aromatic rings. The van der Waals surface area contributed by atoms with Gasteiger partial charge < -0.3 is 10.0 Å². The molecule has 17 heavy (non-hydrogen) atoms. The number of rotatable bonds is 2. The molecule has 1 aromatic heterocycles. The molecule has 1 fully saturated rings. The van der Waals surface area contributed by atoms with E-state index in [9.17, 15) is 9.50 Å². The van der Waals surface area contributed by atoms with Crippen molar-refractivity contribution in [2.75, 3.05) is 18.0 Å². The summed E-state index contributed by atoms with van der Waals surface area (Å²) in [5.74, 6) is 1.55.